The van der Waals surface area contributed by atoms with Crippen molar-refractivity contribution < 1.29 is 13.7 Å². The number of rotatable bonds is 0. The highest BCUT2D eigenvalue weighted by atomic mass is 16.1. The molecular formula is C20H26O2. The topological polar surface area (TPSA) is 34.1 Å². The number of allylic oxidation sites excluding steroid dienone is 2. The monoisotopic (exact) mass is 301 g/mol. The minimum Gasteiger partial charge on any atom is -0.299 e. The molecule has 0 aromatic carbocycles. The molecule has 4 aliphatic rings. The maximum Gasteiger partial charge on any atom is 0.156 e. The summed E-state index contributed by atoms with van der Waals surface area (Å²) in [6, 6.07) is 0. The second kappa shape index (κ2) is 4.43. The molecule has 3 fully saturated rings. The summed E-state index contributed by atoms with van der Waals surface area (Å²) in [5.41, 5.74) is 0.267. The van der Waals surface area contributed by atoms with E-state index in [1.54, 1.807) is 6.08 Å². The van der Waals surface area contributed by atoms with E-state index in [0.717, 1.165) is 31.3 Å². The van der Waals surface area contributed by atoms with Gasteiger partial charge in [-0.1, -0.05) is 25.9 Å². The van der Waals surface area contributed by atoms with E-state index in [0.29, 0.717) is 30.6 Å². The minimum atomic E-state index is -2.15. The molecule has 2 heteroatoms. The number of fused-ring (bicyclic) bond motifs is 5. The predicted octanol–water partition coefficient (Wildman–Crippen LogP) is 4.25. The lowest BCUT2D eigenvalue weighted by atomic mass is 9.47. The van der Waals surface area contributed by atoms with Crippen molar-refractivity contribution in [3.8, 4) is 0 Å². The van der Waals surface area contributed by atoms with E-state index in [9.17, 15) is 9.59 Å². The Morgan fingerprint density at radius 1 is 1.18 bits per heavy atom. The van der Waals surface area contributed by atoms with E-state index in [1.807, 2.05) is 0 Å². The van der Waals surface area contributed by atoms with E-state index >= 15 is 0 Å². The normalized spacial score (nSPS) is 50.2. The molecule has 0 saturated heterocycles. The van der Waals surface area contributed by atoms with Gasteiger partial charge in [0.15, 0.2) is 5.78 Å². The molecule has 0 bridgehead atoms. The van der Waals surface area contributed by atoms with Crippen LogP contribution in [-0.4, -0.2) is 11.6 Å². The summed E-state index contributed by atoms with van der Waals surface area (Å²) < 4.78 is 25.1. The van der Waals surface area contributed by atoms with Crippen LogP contribution in [0.3, 0.4) is 0 Å². The molecule has 4 rings (SSSR count). The van der Waals surface area contributed by atoms with Gasteiger partial charge in [-0.15, -0.1) is 0 Å². The van der Waals surface area contributed by atoms with Gasteiger partial charge in [0.2, 0.25) is 0 Å². The lowest BCUT2D eigenvalue weighted by Gasteiger charge is -2.57. The fourth-order valence-electron chi connectivity index (χ4n) is 5.97. The third-order valence-electron chi connectivity index (χ3n) is 7.19. The van der Waals surface area contributed by atoms with Crippen LogP contribution in [0.15, 0.2) is 23.8 Å². The molecule has 3 saturated carbocycles. The van der Waals surface area contributed by atoms with Crippen molar-refractivity contribution in [1.29, 1.82) is 0 Å². The number of ketones is 2. The van der Waals surface area contributed by atoms with Crippen LogP contribution in [0.2, 0.25) is 0 Å². The molecule has 2 unspecified atom stereocenters. The lowest BCUT2D eigenvalue weighted by molar-refractivity contribution is -0.132. The molecule has 0 radical (unpaired) electrons. The number of Topliss-reactive ketones (excluding diaryl/α,β-unsaturated/α-hetero) is 1. The van der Waals surface area contributed by atoms with Gasteiger partial charge in [-0.05, 0) is 66.9 Å². The zero-order valence-electron chi connectivity index (χ0n) is 16.3. The Hall–Kier alpha value is -1.18. The highest BCUT2D eigenvalue weighted by Gasteiger charge is 2.59. The molecule has 0 amide bonds. The summed E-state index contributed by atoms with van der Waals surface area (Å²) in [5, 5.41) is 0. The smallest absolute Gasteiger partial charge is 0.156 e. The SMILES string of the molecule is [2H]C([2H])([2H])[C@]12CCC(=O)C=C1C(=C)C[C@H]1C3CCC(=O)[C@@]3(C)CCC12. The Bertz CT molecular complexity index is 704. The number of hydrogen-bond donors (Lipinski definition) is 0. The first-order valence-corrected chi connectivity index (χ1v) is 8.58. The molecule has 0 heterocycles. The van der Waals surface area contributed by atoms with Crippen molar-refractivity contribution in [2.75, 3.05) is 0 Å². The van der Waals surface area contributed by atoms with Gasteiger partial charge in [0, 0.05) is 22.4 Å². The van der Waals surface area contributed by atoms with Gasteiger partial charge in [0.25, 0.3) is 0 Å². The van der Waals surface area contributed by atoms with Crippen LogP contribution in [-0.2, 0) is 9.59 Å². The highest BCUT2D eigenvalue weighted by molar-refractivity contribution is 5.92. The molecule has 2 nitrogen and oxygen atoms in total. The molecule has 0 aromatic heterocycles. The number of carbonyl (C=O) groups is 2. The lowest BCUT2D eigenvalue weighted by Crippen LogP contribution is -2.51. The van der Waals surface area contributed by atoms with Crippen LogP contribution in [0.4, 0.5) is 0 Å². The summed E-state index contributed by atoms with van der Waals surface area (Å²) in [5.74, 6) is 0.849. The van der Waals surface area contributed by atoms with Gasteiger partial charge in [-0.3, -0.25) is 9.59 Å². The molecule has 0 spiro atoms. The Labute approximate surface area is 137 Å². The Balaban J connectivity index is 1.85. The maximum absolute atomic E-state index is 12.5. The first kappa shape index (κ1) is 11.4. The van der Waals surface area contributed by atoms with E-state index in [-0.39, 0.29) is 29.0 Å². The molecule has 0 N–H and O–H groups in total. The van der Waals surface area contributed by atoms with Gasteiger partial charge >= 0.3 is 0 Å². The molecule has 0 aliphatic heterocycles. The van der Waals surface area contributed by atoms with Gasteiger partial charge < -0.3 is 0 Å². The van der Waals surface area contributed by atoms with E-state index in [4.69, 9.17) is 4.11 Å². The Morgan fingerprint density at radius 2 is 1.95 bits per heavy atom. The summed E-state index contributed by atoms with van der Waals surface area (Å²) >= 11 is 0. The van der Waals surface area contributed by atoms with Crippen LogP contribution >= 0.6 is 0 Å². The molecule has 0 aromatic rings. The highest BCUT2D eigenvalue weighted by Crippen LogP contribution is 2.65. The molecular weight excluding hydrogens is 272 g/mol. The maximum atomic E-state index is 12.5. The second-order valence-corrected chi connectivity index (χ2v) is 8.10. The summed E-state index contributed by atoms with van der Waals surface area (Å²) in [6.45, 7) is 4.12. The van der Waals surface area contributed by atoms with E-state index in [2.05, 4.69) is 13.5 Å². The first-order valence-electron chi connectivity index (χ1n) is 10.1. The van der Waals surface area contributed by atoms with Gasteiger partial charge in [-0.2, -0.15) is 0 Å². The Morgan fingerprint density at radius 3 is 2.73 bits per heavy atom. The van der Waals surface area contributed by atoms with Crippen molar-refractivity contribution >= 4 is 11.6 Å². The number of hydrogen-bond acceptors (Lipinski definition) is 2. The number of carbonyl (C=O) groups excluding carboxylic acids is 2. The van der Waals surface area contributed by atoms with Gasteiger partial charge in [0.1, 0.15) is 5.78 Å². The van der Waals surface area contributed by atoms with Crippen LogP contribution in [0.5, 0.6) is 0 Å². The summed E-state index contributed by atoms with van der Waals surface area (Å²) in [7, 11) is 0. The molecule has 118 valence electrons. The average molecular weight is 301 g/mol. The van der Waals surface area contributed by atoms with Gasteiger partial charge in [0.05, 0.1) is 0 Å². The standard InChI is InChI=1S/C20H26O2/c1-12-10-14-15-4-5-18(22)20(15,3)9-7-16(14)19(2)8-6-13(21)11-17(12)19/h11,14-16H,1,4-10H2,2-3H3/t14-,15?,16?,19+,20-/m0/s1/i2D3. The molecule has 4 aliphatic carbocycles. The third-order valence-corrected chi connectivity index (χ3v) is 7.19. The summed E-state index contributed by atoms with van der Waals surface area (Å²) in [6.07, 6.45) is 6.05. The van der Waals surface area contributed by atoms with E-state index in [1.165, 1.54) is 0 Å². The van der Waals surface area contributed by atoms with Gasteiger partial charge in [-0.25, -0.2) is 0 Å². The third kappa shape index (κ3) is 1.67. The van der Waals surface area contributed by atoms with Crippen LogP contribution in [0.1, 0.15) is 62.8 Å². The molecule has 22 heavy (non-hydrogen) atoms. The largest absolute Gasteiger partial charge is 0.299 e. The fourth-order valence-corrected chi connectivity index (χ4v) is 5.97. The average Bonchev–Trinajstić information content (AvgIpc) is 2.82. The van der Waals surface area contributed by atoms with Crippen molar-refractivity contribution in [3.05, 3.63) is 23.8 Å². The molecule has 5 atom stereocenters. The van der Waals surface area contributed by atoms with Crippen molar-refractivity contribution in [3.63, 3.8) is 0 Å². The van der Waals surface area contributed by atoms with Crippen LogP contribution in [0, 0.1) is 28.6 Å². The Kier molecular flexibility index (Phi) is 2.29. The fraction of sp³-hybridized carbons (Fsp3) is 0.700. The van der Waals surface area contributed by atoms with Crippen molar-refractivity contribution in [2.45, 2.75) is 58.7 Å². The van der Waals surface area contributed by atoms with Crippen molar-refractivity contribution in [2.24, 2.45) is 28.6 Å². The summed E-state index contributed by atoms with van der Waals surface area (Å²) in [4.78, 5) is 24.5. The second-order valence-electron chi connectivity index (χ2n) is 8.10. The van der Waals surface area contributed by atoms with Crippen molar-refractivity contribution in [1.82, 2.24) is 0 Å². The van der Waals surface area contributed by atoms with Crippen LogP contribution < -0.4 is 0 Å². The zero-order chi connectivity index (χ0) is 18.2. The zero-order valence-corrected chi connectivity index (χ0v) is 13.3. The quantitative estimate of drug-likeness (QED) is 0.670. The van der Waals surface area contributed by atoms with Crippen LogP contribution in [0.25, 0.3) is 0 Å². The van der Waals surface area contributed by atoms with E-state index < -0.39 is 12.3 Å². The predicted molar refractivity (Wildman–Crippen MR) is 86.2 cm³/mol. The first-order chi connectivity index (χ1) is 11.6. The minimum absolute atomic E-state index is 0.0196.